The van der Waals surface area contributed by atoms with Gasteiger partial charge < -0.3 is 5.11 Å². The molecular formula is C11H14N2O3S. The molecule has 0 heterocycles. The Morgan fingerprint density at radius 2 is 1.94 bits per heavy atom. The highest BCUT2D eigenvalue weighted by atomic mass is 32.2. The van der Waals surface area contributed by atoms with Gasteiger partial charge in [-0.05, 0) is 31.2 Å². The van der Waals surface area contributed by atoms with E-state index in [2.05, 4.69) is 0 Å². The first kappa shape index (κ1) is 13.6. The summed E-state index contributed by atoms with van der Waals surface area (Å²) in [7, 11) is -2.19. The summed E-state index contributed by atoms with van der Waals surface area (Å²) in [6.45, 7) is 1.55. The number of rotatable bonds is 4. The van der Waals surface area contributed by atoms with Gasteiger partial charge in [-0.3, -0.25) is 0 Å². The number of hydrogen-bond acceptors (Lipinski definition) is 4. The van der Waals surface area contributed by atoms with E-state index in [0.717, 1.165) is 4.31 Å². The minimum Gasteiger partial charge on any atom is -0.392 e. The molecule has 1 rings (SSSR count). The molecular weight excluding hydrogens is 240 g/mol. The van der Waals surface area contributed by atoms with Gasteiger partial charge >= 0.3 is 0 Å². The van der Waals surface area contributed by atoms with Gasteiger partial charge in [0, 0.05) is 13.6 Å². The first-order valence-electron chi connectivity index (χ1n) is 5.02. The summed E-state index contributed by atoms with van der Waals surface area (Å²) < 4.78 is 25.1. The molecule has 0 bridgehead atoms. The van der Waals surface area contributed by atoms with E-state index < -0.39 is 16.1 Å². The maximum atomic E-state index is 12.0. The second-order valence-corrected chi connectivity index (χ2v) is 5.82. The molecule has 0 fully saturated rings. The maximum absolute atomic E-state index is 12.0. The zero-order valence-corrected chi connectivity index (χ0v) is 10.5. The Morgan fingerprint density at radius 3 is 2.35 bits per heavy atom. The number of aliphatic hydroxyl groups excluding tert-OH is 1. The van der Waals surface area contributed by atoms with Gasteiger partial charge in [0.05, 0.1) is 22.6 Å². The molecule has 92 valence electrons. The lowest BCUT2D eigenvalue weighted by molar-refractivity contribution is 0.171. The normalized spacial score (nSPS) is 13.4. The second-order valence-electron chi connectivity index (χ2n) is 3.77. The number of nitrogens with zero attached hydrogens (tertiary/aromatic N) is 2. The Labute approximate surface area is 101 Å². The molecule has 17 heavy (non-hydrogen) atoms. The molecule has 0 saturated carbocycles. The fourth-order valence-electron chi connectivity index (χ4n) is 1.35. The van der Waals surface area contributed by atoms with Crippen LogP contribution in [0.5, 0.6) is 0 Å². The molecule has 0 amide bonds. The Morgan fingerprint density at radius 1 is 1.41 bits per heavy atom. The summed E-state index contributed by atoms with van der Waals surface area (Å²) >= 11 is 0. The van der Waals surface area contributed by atoms with Crippen molar-refractivity contribution in [2.24, 2.45) is 0 Å². The fraction of sp³-hybridized carbons (Fsp3) is 0.364. The van der Waals surface area contributed by atoms with Crippen molar-refractivity contribution >= 4 is 10.0 Å². The molecule has 0 aromatic heterocycles. The number of benzene rings is 1. The summed E-state index contributed by atoms with van der Waals surface area (Å²) in [6.07, 6.45) is -0.729. The van der Waals surface area contributed by atoms with Gasteiger partial charge in [-0.1, -0.05) is 0 Å². The highest BCUT2D eigenvalue weighted by Crippen LogP contribution is 2.15. The fourth-order valence-corrected chi connectivity index (χ4v) is 2.60. The lowest BCUT2D eigenvalue weighted by atomic mass is 10.2. The van der Waals surface area contributed by atoms with Crippen molar-refractivity contribution in [2.45, 2.75) is 17.9 Å². The molecule has 0 aliphatic carbocycles. The van der Waals surface area contributed by atoms with Gasteiger partial charge in [0.15, 0.2) is 0 Å². The molecule has 1 N–H and O–H groups in total. The topological polar surface area (TPSA) is 81.4 Å². The summed E-state index contributed by atoms with van der Waals surface area (Å²) in [5, 5.41) is 17.8. The quantitative estimate of drug-likeness (QED) is 0.851. The number of likely N-dealkylation sites (N-methyl/N-ethyl adjacent to an activating group) is 1. The Kier molecular flexibility index (Phi) is 4.23. The largest absolute Gasteiger partial charge is 0.392 e. The van der Waals surface area contributed by atoms with Crippen molar-refractivity contribution in [2.75, 3.05) is 13.6 Å². The lowest BCUT2D eigenvalue weighted by Gasteiger charge is -2.18. The van der Waals surface area contributed by atoms with Gasteiger partial charge in [0.25, 0.3) is 0 Å². The molecule has 0 aliphatic heterocycles. The first-order valence-corrected chi connectivity index (χ1v) is 6.46. The Hall–Kier alpha value is -1.42. The van der Waals surface area contributed by atoms with Crippen LogP contribution in [0.4, 0.5) is 0 Å². The predicted molar refractivity (Wildman–Crippen MR) is 62.7 cm³/mol. The van der Waals surface area contributed by atoms with E-state index in [0.29, 0.717) is 5.56 Å². The van der Waals surface area contributed by atoms with Crippen LogP contribution in [0.15, 0.2) is 29.2 Å². The number of hydrogen-bond donors (Lipinski definition) is 1. The van der Waals surface area contributed by atoms with Crippen LogP contribution < -0.4 is 0 Å². The van der Waals surface area contributed by atoms with Gasteiger partial charge in [-0.15, -0.1) is 0 Å². The van der Waals surface area contributed by atoms with Gasteiger partial charge in [0.1, 0.15) is 0 Å². The van der Waals surface area contributed by atoms with E-state index in [1.807, 2.05) is 6.07 Å². The smallest absolute Gasteiger partial charge is 0.242 e. The van der Waals surface area contributed by atoms with Crippen molar-refractivity contribution in [3.63, 3.8) is 0 Å². The molecule has 1 atom stereocenters. The van der Waals surface area contributed by atoms with Gasteiger partial charge in [-0.25, -0.2) is 8.42 Å². The zero-order valence-electron chi connectivity index (χ0n) is 9.66. The second kappa shape index (κ2) is 5.27. The molecule has 1 aromatic carbocycles. The van der Waals surface area contributed by atoms with E-state index in [1.165, 1.54) is 38.2 Å². The average Bonchev–Trinajstić information content (AvgIpc) is 2.28. The van der Waals surface area contributed by atoms with Crippen LogP contribution in [0.25, 0.3) is 0 Å². The predicted octanol–water partition coefficient (Wildman–Crippen LogP) is 0.560. The lowest BCUT2D eigenvalue weighted by Crippen LogP contribution is -2.33. The van der Waals surface area contributed by atoms with Crippen LogP contribution in [-0.2, 0) is 10.0 Å². The summed E-state index contributed by atoms with van der Waals surface area (Å²) in [5.74, 6) is 0. The van der Waals surface area contributed by atoms with Crippen molar-refractivity contribution in [3.8, 4) is 6.07 Å². The van der Waals surface area contributed by atoms with Crippen LogP contribution in [0.3, 0.4) is 0 Å². The van der Waals surface area contributed by atoms with Crippen molar-refractivity contribution in [1.82, 2.24) is 4.31 Å². The van der Waals surface area contributed by atoms with Crippen LogP contribution >= 0.6 is 0 Å². The van der Waals surface area contributed by atoms with Crippen molar-refractivity contribution in [1.29, 1.82) is 5.26 Å². The van der Waals surface area contributed by atoms with Crippen molar-refractivity contribution < 1.29 is 13.5 Å². The maximum Gasteiger partial charge on any atom is 0.242 e. The van der Waals surface area contributed by atoms with Crippen molar-refractivity contribution in [3.05, 3.63) is 29.8 Å². The number of aliphatic hydroxyl groups is 1. The minimum atomic E-state index is -3.60. The highest BCUT2D eigenvalue weighted by Gasteiger charge is 2.21. The molecule has 6 heteroatoms. The molecule has 5 nitrogen and oxygen atoms in total. The van der Waals surface area contributed by atoms with Gasteiger partial charge in [0.2, 0.25) is 10.0 Å². The van der Waals surface area contributed by atoms with E-state index in [1.54, 1.807) is 0 Å². The monoisotopic (exact) mass is 254 g/mol. The standard InChI is InChI=1S/C11H14N2O3S/c1-9(14)8-13(2)17(15,16)11-5-3-10(7-12)4-6-11/h3-6,9,14H,8H2,1-2H3. The first-order chi connectivity index (χ1) is 7.87. The minimum absolute atomic E-state index is 0.0301. The molecule has 0 saturated heterocycles. The Bertz CT molecular complexity index is 515. The molecule has 0 spiro atoms. The van der Waals surface area contributed by atoms with E-state index in [9.17, 15) is 8.42 Å². The van der Waals surface area contributed by atoms with Gasteiger partial charge in [-0.2, -0.15) is 9.57 Å². The third kappa shape index (κ3) is 3.27. The molecule has 0 aliphatic rings. The third-order valence-corrected chi connectivity index (χ3v) is 4.05. The third-order valence-electron chi connectivity index (χ3n) is 2.21. The molecule has 1 unspecified atom stereocenters. The summed E-state index contributed by atoms with van der Waals surface area (Å²) in [6, 6.07) is 7.58. The van der Waals surface area contributed by atoms with E-state index in [4.69, 9.17) is 10.4 Å². The van der Waals surface area contributed by atoms with E-state index in [-0.39, 0.29) is 11.4 Å². The number of sulfonamides is 1. The number of nitriles is 1. The molecule has 1 aromatic rings. The van der Waals surface area contributed by atoms with Crippen LogP contribution in [-0.4, -0.2) is 37.5 Å². The highest BCUT2D eigenvalue weighted by molar-refractivity contribution is 7.89. The zero-order chi connectivity index (χ0) is 13.1. The van der Waals surface area contributed by atoms with E-state index >= 15 is 0 Å². The Balaban J connectivity index is 3.01. The summed E-state index contributed by atoms with van der Waals surface area (Å²) in [4.78, 5) is 0.111. The molecule has 0 radical (unpaired) electrons. The van der Waals surface area contributed by atoms with Crippen LogP contribution in [0, 0.1) is 11.3 Å². The van der Waals surface area contributed by atoms with Crippen LogP contribution in [0.1, 0.15) is 12.5 Å². The summed E-state index contributed by atoms with van der Waals surface area (Å²) in [5.41, 5.74) is 0.405. The SMILES string of the molecule is CC(O)CN(C)S(=O)(=O)c1ccc(C#N)cc1. The van der Waals surface area contributed by atoms with Crippen LogP contribution in [0.2, 0.25) is 0 Å². The average molecular weight is 254 g/mol.